The van der Waals surface area contributed by atoms with E-state index in [1.165, 1.54) is 366 Å². The fourth-order valence-corrected chi connectivity index (χ4v) is 16.9. The van der Waals surface area contributed by atoms with E-state index in [0.29, 0.717) is 25.7 Å². The summed E-state index contributed by atoms with van der Waals surface area (Å²) in [6, 6.07) is 0. The quantitative estimate of drug-likeness (QED) is 0.0222. The van der Waals surface area contributed by atoms with Gasteiger partial charge in [0.05, 0.1) is 26.4 Å². The topological polar surface area (TPSA) is 237 Å². The van der Waals surface area contributed by atoms with E-state index in [9.17, 15) is 43.2 Å². The number of aliphatic hydroxyl groups excluding tert-OH is 1. The lowest BCUT2D eigenvalue weighted by Gasteiger charge is -2.21. The second-order valence-corrected chi connectivity index (χ2v) is 37.4. The number of hydrogen-bond acceptors (Lipinski definition) is 15. The van der Waals surface area contributed by atoms with E-state index in [0.717, 1.165) is 89.9 Å². The maximum atomic E-state index is 13.2. The van der Waals surface area contributed by atoms with Crippen LogP contribution < -0.4 is 0 Å². The van der Waals surface area contributed by atoms with E-state index in [2.05, 4.69) is 27.7 Å². The Balaban J connectivity index is 5.24. The van der Waals surface area contributed by atoms with Gasteiger partial charge in [0.1, 0.15) is 19.3 Å². The number of unbranched alkanes of at least 4 members (excludes halogenated alkanes) is 71. The molecule has 0 aliphatic carbocycles. The van der Waals surface area contributed by atoms with Crippen molar-refractivity contribution in [1.29, 1.82) is 0 Å². The summed E-state index contributed by atoms with van der Waals surface area (Å²) in [6.45, 7) is 5.12. The number of rotatable bonds is 97. The van der Waals surface area contributed by atoms with Crippen LogP contribution in [0.1, 0.15) is 535 Å². The van der Waals surface area contributed by atoms with Gasteiger partial charge in [-0.2, -0.15) is 0 Å². The number of hydrogen-bond donors (Lipinski definition) is 3. The first kappa shape index (κ1) is 113. The third kappa shape index (κ3) is 89.6. The fourth-order valence-electron chi connectivity index (χ4n) is 15.3. The van der Waals surface area contributed by atoms with E-state index >= 15 is 0 Å². The van der Waals surface area contributed by atoms with Gasteiger partial charge in [-0.05, 0) is 25.7 Å². The molecule has 0 saturated heterocycles. The number of phosphoric ester groups is 2. The Bertz CT molecular complexity index is 2160. The van der Waals surface area contributed by atoms with Gasteiger partial charge in [-0.25, -0.2) is 9.13 Å². The molecule has 0 aliphatic heterocycles. The van der Waals surface area contributed by atoms with Gasteiger partial charge in [-0.3, -0.25) is 37.3 Å². The maximum Gasteiger partial charge on any atom is 0.472 e. The van der Waals surface area contributed by atoms with E-state index in [4.69, 9.17) is 37.0 Å². The Hall–Kier alpha value is -1.94. The summed E-state index contributed by atoms with van der Waals surface area (Å²) in [4.78, 5) is 73.6. The first-order chi connectivity index (χ1) is 56.2. The molecule has 0 fully saturated rings. The minimum absolute atomic E-state index is 0.110. The van der Waals surface area contributed by atoms with Crippen LogP contribution in [0.3, 0.4) is 0 Å². The van der Waals surface area contributed by atoms with Crippen LogP contribution >= 0.6 is 15.6 Å². The van der Waals surface area contributed by atoms with Crippen LogP contribution in [0, 0.1) is 0 Å². The SMILES string of the molecule is CCCCCCCCCCCCCCCCCCCCCCCCC(=O)O[C@H](COC(=O)CCCCCCCCCCCCCCCCCCCCCCC)COP(=O)(O)OC[C@@H](O)COP(=O)(O)OC[C@@H](COC(=O)CCCCCCCCCCCCCCC)OC(=O)CCCCCCCCCCCCCCCCCCCCC. The van der Waals surface area contributed by atoms with Crippen molar-refractivity contribution in [3.8, 4) is 0 Å². The number of carbonyl (C=O) groups excluding carboxylic acids is 4. The Morgan fingerprint density at radius 1 is 0.209 bits per heavy atom. The van der Waals surface area contributed by atoms with Gasteiger partial charge in [0.25, 0.3) is 0 Å². The van der Waals surface area contributed by atoms with Gasteiger partial charge in [-0.15, -0.1) is 0 Å². The molecule has 0 aromatic heterocycles. The molecule has 0 bridgehead atoms. The molecule has 5 atom stereocenters. The molecule has 19 heteroatoms. The van der Waals surface area contributed by atoms with Crippen molar-refractivity contribution >= 4 is 39.5 Å². The van der Waals surface area contributed by atoms with Crippen LogP contribution in [-0.2, 0) is 65.4 Å². The zero-order valence-corrected chi connectivity index (χ0v) is 77.6. The molecule has 2 unspecified atom stereocenters. The Labute approximate surface area is 708 Å². The van der Waals surface area contributed by atoms with Crippen molar-refractivity contribution < 1.29 is 80.2 Å². The van der Waals surface area contributed by atoms with Crippen LogP contribution in [0.25, 0.3) is 0 Å². The van der Waals surface area contributed by atoms with Crippen LogP contribution in [-0.4, -0.2) is 96.7 Å². The molecule has 0 amide bonds. The third-order valence-corrected chi connectivity index (χ3v) is 24.8. The van der Waals surface area contributed by atoms with Crippen molar-refractivity contribution in [3.63, 3.8) is 0 Å². The van der Waals surface area contributed by atoms with Crippen molar-refractivity contribution in [1.82, 2.24) is 0 Å². The molecule has 17 nitrogen and oxygen atoms in total. The first-order valence-electron chi connectivity index (χ1n) is 49.8. The van der Waals surface area contributed by atoms with Crippen molar-refractivity contribution in [2.75, 3.05) is 39.6 Å². The largest absolute Gasteiger partial charge is 0.472 e. The molecular weight excluding hydrogens is 1490 g/mol. The number of aliphatic hydroxyl groups is 1. The molecule has 0 aliphatic rings. The molecular formula is C96H188O17P2. The second kappa shape index (κ2) is 89.8. The summed E-state index contributed by atoms with van der Waals surface area (Å²) in [7, 11) is -9.94. The lowest BCUT2D eigenvalue weighted by Crippen LogP contribution is -2.30. The summed E-state index contributed by atoms with van der Waals surface area (Å²) in [6.07, 6.45) is 89.1. The molecule has 115 heavy (non-hydrogen) atoms. The highest BCUT2D eigenvalue weighted by Crippen LogP contribution is 2.45. The Kier molecular flexibility index (Phi) is 88.3. The molecule has 0 heterocycles. The molecule has 0 saturated carbocycles. The van der Waals surface area contributed by atoms with Gasteiger partial charge in [0.2, 0.25) is 0 Å². The van der Waals surface area contributed by atoms with Gasteiger partial charge < -0.3 is 33.8 Å². The molecule has 0 radical (unpaired) electrons. The first-order valence-corrected chi connectivity index (χ1v) is 52.8. The van der Waals surface area contributed by atoms with Crippen molar-refractivity contribution in [3.05, 3.63) is 0 Å². The van der Waals surface area contributed by atoms with Crippen LogP contribution in [0.2, 0.25) is 0 Å². The monoisotopic (exact) mass is 1680 g/mol. The molecule has 3 N–H and O–H groups in total. The van der Waals surface area contributed by atoms with Crippen molar-refractivity contribution in [2.24, 2.45) is 0 Å². The summed E-state index contributed by atoms with van der Waals surface area (Å²) in [5, 5.41) is 10.7. The minimum atomic E-state index is -4.97. The number of carbonyl (C=O) groups is 4. The highest BCUT2D eigenvalue weighted by Gasteiger charge is 2.31. The summed E-state index contributed by atoms with van der Waals surface area (Å²) >= 11 is 0. The fraction of sp³-hybridized carbons (Fsp3) is 0.958. The van der Waals surface area contributed by atoms with E-state index in [1.54, 1.807) is 0 Å². The normalized spacial score (nSPS) is 13.6. The zero-order chi connectivity index (χ0) is 83.8. The molecule has 0 rings (SSSR count). The van der Waals surface area contributed by atoms with Crippen LogP contribution in [0.4, 0.5) is 0 Å². The van der Waals surface area contributed by atoms with E-state index in [1.807, 2.05) is 0 Å². The third-order valence-electron chi connectivity index (χ3n) is 22.9. The average molecular weight is 1680 g/mol. The summed E-state index contributed by atoms with van der Waals surface area (Å²) < 4.78 is 69.2. The smallest absolute Gasteiger partial charge is 0.462 e. The van der Waals surface area contributed by atoms with E-state index in [-0.39, 0.29) is 25.7 Å². The highest BCUT2D eigenvalue weighted by molar-refractivity contribution is 7.47. The number of esters is 4. The molecule has 0 spiro atoms. The highest BCUT2D eigenvalue weighted by atomic mass is 31.2. The minimum Gasteiger partial charge on any atom is -0.462 e. The summed E-state index contributed by atoms with van der Waals surface area (Å²) in [5.41, 5.74) is 0. The second-order valence-electron chi connectivity index (χ2n) is 34.5. The van der Waals surface area contributed by atoms with Gasteiger partial charge in [0.15, 0.2) is 12.2 Å². The van der Waals surface area contributed by atoms with Gasteiger partial charge in [-0.1, -0.05) is 484 Å². The van der Waals surface area contributed by atoms with Gasteiger partial charge >= 0.3 is 39.5 Å². The Morgan fingerprint density at radius 2 is 0.348 bits per heavy atom. The van der Waals surface area contributed by atoms with Crippen LogP contribution in [0.5, 0.6) is 0 Å². The zero-order valence-electron chi connectivity index (χ0n) is 75.8. The molecule has 684 valence electrons. The van der Waals surface area contributed by atoms with Gasteiger partial charge in [0, 0.05) is 25.7 Å². The maximum absolute atomic E-state index is 13.2. The summed E-state index contributed by atoms with van der Waals surface area (Å²) in [5.74, 6) is -2.08. The number of phosphoric acid groups is 2. The van der Waals surface area contributed by atoms with E-state index < -0.39 is 97.5 Å². The predicted octanol–water partition coefficient (Wildman–Crippen LogP) is 30.4. The van der Waals surface area contributed by atoms with Crippen LogP contribution in [0.15, 0.2) is 0 Å². The lowest BCUT2D eigenvalue weighted by molar-refractivity contribution is -0.161. The molecule has 0 aromatic carbocycles. The predicted molar refractivity (Wildman–Crippen MR) is 479 cm³/mol. The Morgan fingerprint density at radius 3 is 0.513 bits per heavy atom. The standard InChI is InChI=1S/C96H188O17P2/c1-5-9-13-17-21-25-29-33-36-39-42-44-46-49-52-55-59-63-67-71-75-79-83-96(101)113-92(87-107-94(99)81-77-73-69-65-61-57-53-50-48-45-43-40-37-34-30-26-22-18-14-10-6-2)89-111-115(104,105)109-85-90(97)84-108-114(102,103)110-88-91(86-106-93(98)80-76-72-68-64-60-56-32-28-24-20-16-12-8-4)112-95(100)82-78-74-70-66-62-58-54-51-47-41-38-35-31-27-23-19-15-11-7-3/h90-92,97H,5-89H2,1-4H3,(H,102,103)(H,104,105)/t90-,91+,92+/m0/s1. The van der Waals surface area contributed by atoms with Crippen molar-refractivity contribution in [2.45, 2.75) is 553 Å². The average Bonchev–Trinajstić information content (AvgIpc) is 0.899. The molecule has 0 aromatic rings. The lowest BCUT2D eigenvalue weighted by atomic mass is 10.0. The number of ether oxygens (including phenoxy) is 4.